The summed E-state index contributed by atoms with van der Waals surface area (Å²) in [5.41, 5.74) is 3.62. The zero-order valence-corrected chi connectivity index (χ0v) is 17.7. The standard InChI is InChI=1S/C25H25ClN2O2/c1-16-6-7-21(23(26)10-16)20-8-9-22(19-5-3-2-4-18(19)20)24(30)28-12-17-11-27-13-25(17,14-28)15-29/h2-10,17,27,29H,11-15H2,1H3/t17-,25+/m0/s1. The summed E-state index contributed by atoms with van der Waals surface area (Å²) in [7, 11) is 0. The average molecular weight is 421 g/mol. The van der Waals surface area contributed by atoms with E-state index in [1.807, 2.05) is 54.3 Å². The summed E-state index contributed by atoms with van der Waals surface area (Å²) >= 11 is 6.55. The number of amides is 1. The summed E-state index contributed by atoms with van der Waals surface area (Å²) in [6.07, 6.45) is 0. The number of fused-ring (bicyclic) bond motifs is 2. The predicted molar refractivity (Wildman–Crippen MR) is 121 cm³/mol. The molecule has 2 aliphatic heterocycles. The molecule has 5 rings (SSSR count). The van der Waals surface area contributed by atoms with Crippen molar-refractivity contribution < 1.29 is 9.90 Å². The van der Waals surface area contributed by atoms with Gasteiger partial charge in [-0.05, 0) is 46.9 Å². The van der Waals surface area contributed by atoms with Gasteiger partial charge in [-0.15, -0.1) is 0 Å². The van der Waals surface area contributed by atoms with Gasteiger partial charge < -0.3 is 15.3 Å². The molecular formula is C25H25ClN2O2. The Hall–Kier alpha value is -2.40. The molecule has 3 aromatic carbocycles. The Bertz CT molecular complexity index is 1150. The van der Waals surface area contributed by atoms with Crippen molar-refractivity contribution in [1.82, 2.24) is 10.2 Å². The quantitative estimate of drug-likeness (QED) is 0.670. The van der Waals surface area contributed by atoms with Crippen molar-refractivity contribution in [3.63, 3.8) is 0 Å². The normalized spacial score (nSPS) is 23.2. The summed E-state index contributed by atoms with van der Waals surface area (Å²) in [6.45, 7) is 5.04. The van der Waals surface area contributed by atoms with E-state index < -0.39 is 0 Å². The zero-order valence-electron chi connectivity index (χ0n) is 17.0. The molecule has 2 aliphatic rings. The van der Waals surface area contributed by atoms with Gasteiger partial charge in [-0.3, -0.25) is 4.79 Å². The summed E-state index contributed by atoms with van der Waals surface area (Å²) in [5, 5.41) is 16.0. The van der Waals surface area contributed by atoms with Crippen molar-refractivity contribution in [1.29, 1.82) is 0 Å². The van der Waals surface area contributed by atoms with Gasteiger partial charge in [-0.2, -0.15) is 0 Å². The molecule has 0 bridgehead atoms. The highest BCUT2D eigenvalue weighted by Gasteiger charge is 2.50. The third-order valence-corrected chi connectivity index (χ3v) is 7.16. The lowest BCUT2D eigenvalue weighted by atomic mass is 9.82. The van der Waals surface area contributed by atoms with E-state index in [1.165, 1.54) is 0 Å². The molecule has 5 heteroatoms. The molecule has 0 unspecified atom stereocenters. The Morgan fingerprint density at radius 2 is 1.93 bits per heavy atom. The van der Waals surface area contributed by atoms with Crippen molar-refractivity contribution in [2.24, 2.45) is 11.3 Å². The van der Waals surface area contributed by atoms with Gasteiger partial charge in [0, 0.05) is 47.7 Å². The number of rotatable bonds is 3. The van der Waals surface area contributed by atoms with E-state index in [-0.39, 0.29) is 17.9 Å². The van der Waals surface area contributed by atoms with Crippen LogP contribution in [0.15, 0.2) is 54.6 Å². The molecule has 2 heterocycles. The number of carbonyl (C=O) groups excluding carboxylic acids is 1. The number of aliphatic hydroxyl groups excluding tert-OH is 1. The summed E-state index contributed by atoms with van der Waals surface area (Å²) in [5.74, 6) is 0.346. The molecule has 30 heavy (non-hydrogen) atoms. The first kappa shape index (κ1) is 19.6. The smallest absolute Gasteiger partial charge is 0.254 e. The number of nitrogens with one attached hydrogen (secondary N) is 1. The van der Waals surface area contributed by atoms with Crippen LogP contribution in [0.4, 0.5) is 0 Å². The van der Waals surface area contributed by atoms with E-state index >= 15 is 0 Å². The zero-order chi connectivity index (χ0) is 20.9. The van der Waals surface area contributed by atoms with Gasteiger partial charge in [0.05, 0.1) is 6.61 Å². The number of likely N-dealkylation sites (tertiary alicyclic amines) is 1. The van der Waals surface area contributed by atoms with Gasteiger partial charge in [-0.25, -0.2) is 0 Å². The maximum absolute atomic E-state index is 13.5. The SMILES string of the molecule is Cc1ccc(-c2ccc(C(=O)N3C[C@@H]4CNC[C@]4(CO)C3)c3ccccc23)c(Cl)c1. The van der Waals surface area contributed by atoms with Gasteiger partial charge in [-0.1, -0.05) is 54.1 Å². The molecule has 0 aliphatic carbocycles. The Morgan fingerprint density at radius 3 is 2.67 bits per heavy atom. The largest absolute Gasteiger partial charge is 0.396 e. The molecule has 2 fully saturated rings. The van der Waals surface area contributed by atoms with Crippen molar-refractivity contribution in [2.75, 3.05) is 32.8 Å². The number of hydrogen-bond acceptors (Lipinski definition) is 3. The Balaban J connectivity index is 1.56. The fraction of sp³-hybridized carbons (Fsp3) is 0.320. The van der Waals surface area contributed by atoms with Gasteiger partial charge in [0.2, 0.25) is 0 Å². The monoisotopic (exact) mass is 420 g/mol. The number of halogens is 1. The molecule has 0 spiro atoms. The molecule has 2 N–H and O–H groups in total. The minimum absolute atomic E-state index is 0.0370. The second-order valence-corrected chi connectivity index (χ2v) is 9.13. The molecule has 4 nitrogen and oxygen atoms in total. The van der Waals surface area contributed by atoms with Gasteiger partial charge in [0.1, 0.15) is 0 Å². The first-order valence-electron chi connectivity index (χ1n) is 10.4. The lowest BCUT2D eigenvalue weighted by molar-refractivity contribution is 0.0747. The average Bonchev–Trinajstić information content (AvgIpc) is 3.31. The highest BCUT2D eigenvalue weighted by molar-refractivity contribution is 6.34. The number of nitrogens with zero attached hydrogens (tertiary/aromatic N) is 1. The number of hydrogen-bond donors (Lipinski definition) is 2. The van der Waals surface area contributed by atoms with Crippen molar-refractivity contribution >= 4 is 28.3 Å². The number of aryl methyl sites for hydroxylation is 1. The summed E-state index contributed by atoms with van der Waals surface area (Å²) in [6, 6.07) is 18.0. The van der Waals surface area contributed by atoms with Gasteiger partial charge in [0.25, 0.3) is 5.91 Å². The molecular weight excluding hydrogens is 396 g/mol. The highest BCUT2D eigenvalue weighted by atomic mass is 35.5. The predicted octanol–water partition coefficient (Wildman–Crippen LogP) is 4.12. The van der Waals surface area contributed by atoms with E-state index in [1.54, 1.807) is 0 Å². The number of carbonyl (C=O) groups is 1. The van der Waals surface area contributed by atoms with Crippen LogP contribution in [0.5, 0.6) is 0 Å². The summed E-state index contributed by atoms with van der Waals surface area (Å²) in [4.78, 5) is 15.4. The van der Waals surface area contributed by atoms with Crippen molar-refractivity contribution in [2.45, 2.75) is 6.92 Å². The van der Waals surface area contributed by atoms with E-state index in [9.17, 15) is 9.90 Å². The molecule has 2 atom stereocenters. The maximum Gasteiger partial charge on any atom is 0.254 e. The second-order valence-electron chi connectivity index (χ2n) is 8.72. The van der Waals surface area contributed by atoms with Crippen LogP contribution in [-0.2, 0) is 0 Å². The Kier molecular flexibility index (Phi) is 4.81. The Morgan fingerprint density at radius 1 is 1.17 bits per heavy atom. The summed E-state index contributed by atoms with van der Waals surface area (Å²) < 4.78 is 0. The first-order chi connectivity index (χ1) is 14.5. The van der Waals surface area contributed by atoms with E-state index in [2.05, 4.69) is 17.4 Å². The molecule has 3 aromatic rings. The second kappa shape index (κ2) is 7.38. The van der Waals surface area contributed by atoms with Crippen LogP contribution in [0.1, 0.15) is 15.9 Å². The molecule has 2 saturated heterocycles. The van der Waals surface area contributed by atoms with Crippen LogP contribution in [0.25, 0.3) is 21.9 Å². The van der Waals surface area contributed by atoms with Crippen molar-refractivity contribution in [3.8, 4) is 11.1 Å². The van der Waals surface area contributed by atoms with E-state index in [0.717, 1.165) is 40.6 Å². The topological polar surface area (TPSA) is 52.6 Å². The third kappa shape index (κ3) is 3.02. The fourth-order valence-corrected chi connectivity index (χ4v) is 5.47. The minimum atomic E-state index is -0.208. The lowest BCUT2D eigenvalue weighted by Gasteiger charge is -2.25. The molecule has 0 radical (unpaired) electrons. The van der Waals surface area contributed by atoms with Crippen LogP contribution >= 0.6 is 11.6 Å². The van der Waals surface area contributed by atoms with Gasteiger partial charge >= 0.3 is 0 Å². The first-order valence-corrected chi connectivity index (χ1v) is 10.8. The van der Waals surface area contributed by atoms with E-state index in [4.69, 9.17) is 11.6 Å². The van der Waals surface area contributed by atoms with Crippen LogP contribution < -0.4 is 5.32 Å². The van der Waals surface area contributed by atoms with Crippen LogP contribution in [0, 0.1) is 18.3 Å². The molecule has 154 valence electrons. The highest BCUT2D eigenvalue weighted by Crippen LogP contribution is 2.40. The fourth-order valence-electron chi connectivity index (χ4n) is 5.13. The van der Waals surface area contributed by atoms with Crippen LogP contribution in [-0.4, -0.2) is 48.7 Å². The number of aliphatic hydroxyl groups is 1. The van der Waals surface area contributed by atoms with E-state index in [0.29, 0.717) is 29.6 Å². The molecule has 0 saturated carbocycles. The molecule has 1 amide bonds. The minimum Gasteiger partial charge on any atom is -0.396 e. The van der Waals surface area contributed by atoms with Crippen molar-refractivity contribution in [3.05, 3.63) is 70.7 Å². The van der Waals surface area contributed by atoms with Crippen LogP contribution in [0.2, 0.25) is 5.02 Å². The van der Waals surface area contributed by atoms with Gasteiger partial charge in [0.15, 0.2) is 0 Å². The number of benzene rings is 3. The lowest BCUT2D eigenvalue weighted by Crippen LogP contribution is -2.38. The Labute approximate surface area is 181 Å². The maximum atomic E-state index is 13.5. The third-order valence-electron chi connectivity index (χ3n) is 6.85. The molecule has 0 aromatic heterocycles. The van der Waals surface area contributed by atoms with Crippen LogP contribution in [0.3, 0.4) is 0 Å².